The molecule has 0 bridgehead atoms. The van der Waals surface area contributed by atoms with Gasteiger partial charge in [-0.2, -0.15) is 0 Å². The molecule has 1 aromatic carbocycles. The SMILES string of the molecule is COC[C@@H](C)N=Cc1c(O)[nH]c2ccccc12. The number of aliphatic imine (C=N–C) groups is 1. The van der Waals surface area contributed by atoms with Crippen LogP contribution < -0.4 is 0 Å². The predicted molar refractivity (Wildman–Crippen MR) is 68.9 cm³/mol. The molecule has 0 unspecified atom stereocenters. The lowest BCUT2D eigenvalue weighted by molar-refractivity contribution is 0.186. The van der Waals surface area contributed by atoms with Crippen LogP contribution in [0.1, 0.15) is 12.5 Å². The van der Waals surface area contributed by atoms with E-state index in [1.807, 2.05) is 31.2 Å². The first-order valence-electron chi connectivity index (χ1n) is 5.54. The molecule has 0 spiro atoms. The molecular weight excluding hydrogens is 216 g/mol. The normalized spacial score (nSPS) is 13.5. The molecule has 0 aliphatic rings. The molecule has 0 saturated heterocycles. The van der Waals surface area contributed by atoms with Gasteiger partial charge in [0.05, 0.1) is 18.2 Å². The number of aromatic hydroxyl groups is 1. The van der Waals surface area contributed by atoms with Gasteiger partial charge in [0.2, 0.25) is 0 Å². The van der Waals surface area contributed by atoms with E-state index in [9.17, 15) is 5.11 Å². The molecule has 0 saturated carbocycles. The average Bonchev–Trinajstić information content (AvgIpc) is 2.62. The molecule has 0 amide bonds. The van der Waals surface area contributed by atoms with Gasteiger partial charge in [0, 0.05) is 24.2 Å². The lowest BCUT2D eigenvalue weighted by Gasteiger charge is -2.02. The number of nitrogens with one attached hydrogen (secondary N) is 1. The van der Waals surface area contributed by atoms with Gasteiger partial charge < -0.3 is 14.8 Å². The monoisotopic (exact) mass is 232 g/mol. The zero-order valence-electron chi connectivity index (χ0n) is 9.97. The molecule has 0 aliphatic carbocycles. The van der Waals surface area contributed by atoms with Crippen molar-refractivity contribution in [2.24, 2.45) is 4.99 Å². The molecule has 1 heterocycles. The van der Waals surface area contributed by atoms with Gasteiger partial charge in [0.15, 0.2) is 5.88 Å². The van der Waals surface area contributed by atoms with E-state index < -0.39 is 0 Å². The number of aromatic nitrogens is 1. The molecule has 0 fully saturated rings. The van der Waals surface area contributed by atoms with E-state index >= 15 is 0 Å². The van der Waals surface area contributed by atoms with Crippen LogP contribution in [0, 0.1) is 0 Å². The molecule has 90 valence electrons. The van der Waals surface area contributed by atoms with Crippen molar-refractivity contribution in [2.45, 2.75) is 13.0 Å². The summed E-state index contributed by atoms with van der Waals surface area (Å²) in [6.45, 7) is 2.53. The minimum Gasteiger partial charge on any atom is -0.494 e. The second kappa shape index (κ2) is 5.01. The van der Waals surface area contributed by atoms with Gasteiger partial charge in [-0.3, -0.25) is 4.99 Å². The van der Waals surface area contributed by atoms with Gasteiger partial charge >= 0.3 is 0 Å². The van der Waals surface area contributed by atoms with E-state index in [4.69, 9.17) is 4.74 Å². The fourth-order valence-electron chi connectivity index (χ4n) is 1.77. The van der Waals surface area contributed by atoms with E-state index in [0.29, 0.717) is 6.61 Å². The Morgan fingerprint density at radius 2 is 2.24 bits per heavy atom. The van der Waals surface area contributed by atoms with Crippen LogP contribution in [0.3, 0.4) is 0 Å². The Labute approximate surface area is 100.0 Å². The molecule has 2 aromatic rings. The van der Waals surface area contributed by atoms with Crippen molar-refractivity contribution in [3.63, 3.8) is 0 Å². The maximum absolute atomic E-state index is 9.80. The number of methoxy groups -OCH3 is 1. The van der Waals surface area contributed by atoms with E-state index in [1.54, 1.807) is 13.3 Å². The lowest BCUT2D eigenvalue weighted by atomic mass is 10.2. The maximum atomic E-state index is 9.80. The van der Waals surface area contributed by atoms with Gasteiger partial charge in [0.25, 0.3) is 0 Å². The van der Waals surface area contributed by atoms with E-state index in [0.717, 1.165) is 16.5 Å². The van der Waals surface area contributed by atoms with Crippen LogP contribution in [0.4, 0.5) is 0 Å². The fraction of sp³-hybridized carbons (Fsp3) is 0.308. The number of nitrogens with zero attached hydrogens (tertiary/aromatic N) is 1. The summed E-state index contributed by atoms with van der Waals surface area (Å²) in [7, 11) is 1.65. The number of H-pyrrole nitrogens is 1. The number of ether oxygens (including phenoxy) is 1. The first-order valence-corrected chi connectivity index (χ1v) is 5.54. The molecular formula is C13H16N2O2. The minimum atomic E-state index is 0.0769. The lowest BCUT2D eigenvalue weighted by Crippen LogP contribution is -2.06. The number of aromatic amines is 1. The van der Waals surface area contributed by atoms with E-state index in [2.05, 4.69) is 9.98 Å². The summed E-state index contributed by atoms with van der Waals surface area (Å²) >= 11 is 0. The third-order valence-electron chi connectivity index (χ3n) is 2.59. The highest BCUT2D eigenvalue weighted by Crippen LogP contribution is 2.25. The molecule has 1 atom stereocenters. The fourth-order valence-corrected chi connectivity index (χ4v) is 1.77. The Kier molecular flexibility index (Phi) is 3.44. The van der Waals surface area contributed by atoms with Crippen molar-refractivity contribution in [2.75, 3.05) is 13.7 Å². The predicted octanol–water partition coefficient (Wildman–Crippen LogP) is 2.33. The molecule has 2 rings (SSSR count). The zero-order valence-corrected chi connectivity index (χ0v) is 9.97. The van der Waals surface area contributed by atoms with Crippen LogP contribution in [0.15, 0.2) is 29.3 Å². The number of para-hydroxylation sites is 1. The average molecular weight is 232 g/mol. The first-order chi connectivity index (χ1) is 8.22. The minimum absolute atomic E-state index is 0.0769. The van der Waals surface area contributed by atoms with Crippen LogP contribution in [0.5, 0.6) is 5.88 Å². The standard InChI is InChI=1S/C13H16N2O2/c1-9(8-17-2)14-7-11-10-5-3-4-6-12(10)15-13(11)16/h3-7,9,15-16H,8H2,1-2H3/t9-/m1/s1. The van der Waals surface area contributed by atoms with Gasteiger partial charge in [-0.25, -0.2) is 0 Å². The summed E-state index contributed by atoms with van der Waals surface area (Å²) in [6, 6.07) is 7.81. The third-order valence-corrected chi connectivity index (χ3v) is 2.59. The topological polar surface area (TPSA) is 57.6 Å². The Hall–Kier alpha value is -1.81. The summed E-state index contributed by atoms with van der Waals surface area (Å²) in [5.74, 6) is 0.152. The molecule has 0 aliphatic heterocycles. The van der Waals surface area contributed by atoms with E-state index in [1.165, 1.54) is 0 Å². The Morgan fingerprint density at radius 3 is 3.00 bits per heavy atom. The highest BCUT2D eigenvalue weighted by atomic mass is 16.5. The van der Waals surface area contributed by atoms with Crippen molar-refractivity contribution in [3.8, 4) is 5.88 Å². The van der Waals surface area contributed by atoms with Crippen molar-refractivity contribution >= 4 is 17.1 Å². The van der Waals surface area contributed by atoms with Crippen LogP contribution in [0.2, 0.25) is 0 Å². The number of hydrogen-bond donors (Lipinski definition) is 2. The molecule has 0 radical (unpaired) electrons. The molecule has 4 heteroatoms. The molecule has 4 nitrogen and oxygen atoms in total. The maximum Gasteiger partial charge on any atom is 0.198 e. The third kappa shape index (κ3) is 2.47. The molecule has 17 heavy (non-hydrogen) atoms. The summed E-state index contributed by atoms with van der Waals surface area (Å²) in [4.78, 5) is 7.25. The highest BCUT2D eigenvalue weighted by Gasteiger charge is 2.08. The summed E-state index contributed by atoms with van der Waals surface area (Å²) in [6.07, 6.45) is 1.69. The molecule has 1 aromatic heterocycles. The molecule has 2 N–H and O–H groups in total. The summed E-state index contributed by atoms with van der Waals surface area (Å²) < 4.78 is 5.01. The van der Waals surface area contributed by atoms with Gasteiger partial charge in [-0.15, -0.1) is 0 Å². The van der Waals surface area contributed by atoms with Crippen molar-refractivity contribution in [3.05, 3.63) is 29.8 Å². The quantitative estimate of drug-likeness (QED) is 0.795. The van der Waals surface area contributed by atoms with Crippen molar-refractivity contribution in [1.82, 2.24) is 4.98 Å². The second-order valence-electron chi connectivity index (χ2n) is 4.02. The Morgan fingerprint density at radius 1 is 1.47 bits per heavy atom. The highest BCUT2D eigenvalue weighted by molar-refractivity contribution is 6.01. The number of hydrogen-bond acceptors (Lipinski definition) is 3. The Balaban J connectivity index is 2.32. The van der Waals surface area contributed by atoms with Gasteiger partial charge in [0.1, 0.15) is 0 Å². The number of rotatable bonds is 4. The Bertz CT molecular complexity index is 531. The summed E-state index contributed by atoms with van der Waals surface area (Å²) in [5, 5.41) is 10.8. The van der Waals surface area contributed by atoms with Gasteiger partial charge in [-0.1, -0.05) is 18.2 Å². The largest absolute Gasteiger partial charge is 0.494 e. The second-order valence-corrected chi connectivity index (χ2v) is 4.02. The first kappa shape index (κ1) is 11.7. The smallest absolute Gasteiger partial charge is 0.198 e. The van der Waals surface area contributed by atoms with Gasteiger partial charge in [-0.05, 0) is 13.0 Å². The van der Waals surface area contributed by atoms with Crippen molar-refractivity contribution in [1.29, 1.82) is 0 Å². The van der Waals surface area contributed by atoms with Crippen LogP contribution in [-0.4, -0.2) is 36.1 Å². The van der Waals surface area contributed by atoms with Crippen molar-refractivity contribution < 1.29 is 9.84 Å². The number of benzene rings is 1. The number of fused-ring (bicyclic) bond motifs is 1. The van der Waals surface area contributed by atoms with Crippen LogP contribution in [0.25, 0.3) is 10.9 Å². The summed E-state index contributed by atoms with van der Waals surface area (Å²) in [5.41, 5.74) is 1.63. The van der Waals surface area contributed by atoms with E-state index in [-0.39, 0.29) is 11.9 Å². The zero-order chi connectivity index (χ0) is 12.3. The van der Waals surface area contributed by atoms with Crippen LogP contribution >= 0.6 is 0 Å². The van der Waals surface area contributed by atoms with Crippen LogP contribution in [-0.2, 0) is 4.74 Å².